The van der Waals surface area contributed by atoms with E-state index in [2.05, 4.69) is 16.0 Å². The second kappa shape index (κ2) is 36.2. The fraction of sp³-hybridized carbons (Fsp3) is 0.750. The van der Waals surface area contributed by atoms with Gasteiger partial charge in [0.25, 0.3) is 5.92 Å². The van der Waals surface area contributed by atoms with Crippen molar-refractivity contribution in [2.75, 3.05) is 102 Å². The van der Waals surface area contributed by atoms with Crippen molar-refractivity contribution < 1.29 is 84.2 Å². The van der Waals surface area contributed by atoms with Crippen molar-refractivity contribution in [3.8, 4) is 0 Å². The van der Waals surface area contributed by atoms with E-state index in [0.29, 0.717) is 49.8 Å². The summed E-state index contributed by atoms with van der Waals surface area (Å²) in [6.45, 7) is 4.42. The number of benzene rings is 1. The van der Waals surface area contributed by atoms with Crippen LogP contribution in [0.15, 0.2) is 18.2 Å². The topological polar surface area (TPSA) is 279 Å². The molecule has 7 rings (SSSR count). The van der Waals surface area contributed by atoms with E-state index >= 15 is 37.5 Å². The van der Waals surface area contributed by atoms with Gasteiger partial charge in [-0.15, -0.1) is 0 Å². The van der Waals surface area contributed by atoms with Gasteiger partial charge in [0.15, 0.2) is 0 Å². The molecule has 0 unspecified atom stereocenters. The van der Waals surface area contributed by atoms with Crippen LogP contribution in [0, 0.1) is 23.7 Å². The highest BCUT2D eigenvalue weighted by Crippen LogP contribution is 2.40. The SMILES string of the molecule is CC[C@H](C)[C@@H]1NC(=O)[C@H](CC(C)C)N(C)C(=O)C[C@@H](C(=O)N2CCOCC2)N(C)C(=O)[C@H](C2CCCCC2)N(C)C(=O)C2(CCCC2)NC(=O)[C@@H]2CC(F)(F)CN2C(=O)[C@H](CCc2ccc(C(F)(F)F)c(Cl)c2)NC(=O)CN(C)C(=O)[C@H](CC2CCCCC2)N(C)C(=O)CN(C)C(=O)CN(C)C1=O. The first-order valence-corrected chi connectivity index (χ1v) is 36.9. The van der Waals surface area contributed by atoms with Gasteiger partial charge in [-0.25, -0.2) is 8.78 Å². The monoisotopic (exact) mass is 1480 g/mol. The number of hydrogen-bond acceptors (Lipinski definition) is 13. The number of ether oxygens (including phenoxy) is 1. The van der Waals surface area contributed by atoms with E-state index in [1.54, 1.807) is 13.8 Å². The molecule has 3 saturated heterocycles. The first kappa shape index (κ1) is 83.0. The summed E-state index contributed by atoms with van der Waals surface area (Å²) in [4.78, 5) is 189. The molecule has 0 bridgehead atoms. The zero-order chi connectivity index (χ0) is 76.2. The van der Waals surface area contributed by atoms with Crippen LogP contribution in [0.5, 0.6) is 0 Å². The number of rotatable bonds is 11. The molecule has 25 nitrogen and oxygen atoms in total. The lowest BCUT2D eigenvalue weighted by atomic mass is 9.81. The maximum atomic E-state index is 16.2. The zero-order valence-corrected chi connectivity index (χ0v) is 62.4. The van der Waals surface area contributed by atoms with Gasteiger partial charge in [-0.1, -0.05) is 116 Å². The molecule has 1 aromatic rings. The molecule has 3 N–H and O–H groups in total. The van der Waals surface area contributed by atoms with E-state index in [9.17, 15) is 41.9 Å². The summed E-state index contributed by atoms with van der Waals surface area (Å²) in [7, 11) is 9.49. The zero-order valence-electron chi connectivity index (χ0n) is 61.7. The quantitative estimate of drug-likeness (QED) is 0.231. The number of nitrogens with one attached hydrogen (secondary N) is 3. The third-order valence-corrected chi connectivity index (χ3v) is 22.3. The molecule has 6 aliphatic rings. The predicted molar refractivity (Wildman–Crippen MR) is 371 cm³/mol. The third kappa shape index (κ3) is 21.1. The standard InChI is InChI=1S/C72H108ClF5N12O13/c1-12-45(4)60-67(100)84(7)41-58(93)82(5)42-59(94)86(9)53(37-46-21-15-13-16-22-46)65(98)83(6)40-56(91)79-51(28-26-47-25-27-49(50(73)36-47)72(76,77)78)64(97)90-43-71(74,75)39-55(90)63(96)81-70(29-19-20-30-70)69(102)88(11)61(48-23-17-14-18-24-48)68(101)87(10)54(66(99)89-31-33-103-34-32-89)38-57(92)85(8)52(35-44(2)3)62(95)80-60/h25,27,36,44-46,48,51-55,60-61H,12-24,26,28-35,37-43H2,1-11H3,(H,79,91)(H,80,95)(H,81,96)/t45-,51-,52-,53-,54-,55-,60-,61-/m0/s1. The van der Waals surface area contributed by atoms with Gasteiger partial charge in [0, 0.05) is 68.8 Å². The van der Waals surface area contributed by atoms with Gasteiger partial charge in [0.2, 0.25) is 70.9 Å². The Morgan fingerprint density at radius 1 is 0.670 bits per heavy atom. The van der Waals surface area contributed by atoms with Crippen molar-refractivity contribution in [2.24, 2.45) is 23.7 Å². The summed E-state index contributed by atoms with van der Waals surface area (Å²) in [6.07, 6.45) is 0.842. The highest BCUT2D eigenvalue weighted by Gasteiger charge is 2.55. The molecular formula is C72H108ClF5N12O13. The smallest absolute Gasteiger partial charge is 0.378 e. The second-order valence-electron chi connectivity index (χ2n) is 30.1. The highest BCUT2D eigenvalue weighted by molar-refractivity contribution is 6.31. The molecule has 103 heavy (non-hydrogen) atoms. The molecule has 3 aliphatic carbocycles. The number of aryl methyl sites for hydroxylation is 1. The Bertz CT molecular complexity index is 3230. The second-order valence-corrected chi connectivity index (χ2v) is 30.5. The van der Waals surface area contributed by atoms with E-state index in [-0.39, 0.29) is 75.8 Å². The molecule has 1 aromatic carbocycles. The number of halogens is 6. The lowest BCUT2D eigenvalue weighted by Crippen LogP contribution is -2.65. The molecule has 3 saturated carbocycles. The number of amides is 12. The number of fused-ring (bicyclic) bond motifs is 1. The van der Waals surface area contributed by atoms with Crippen LogP contribution < -0.4 is 16.0 Å². The Balaban J connectivity index is 1.31. The molecule has 3 aliphatic heterocycles. The van der Waals surface area contributed by atoms with E-state index in [0.717, 1.165) is 76.3 Å². The number of likely N-dealkylation sites (N-methyl/N-ethyl adjacent to an activating group) is 7. The van der Waals surface area contributed by atoms with Gasteiger partial charge in [0.1, 0.15) is 47.8 Å². The number of morpholine rings is 1. The van der Waals surface area contributed by atoms with Crippen LogP contribution >= 0.6 is 11.6 Å². The minimum atomic E-state index is -4.84. The summed E-state index contributed by atoms with van der Waals surface area (Å²) in [5.41, 5.74) is -2.86. The molecular weight excluding hydrogens is 1370 g/mol. The van der Waals surface area contributed by atoms with E-state index in [4.69, 9.17) is 16.3 Å². The molecule has 12 amide bonds. The van der Waals surface area contributed by atoms with Crippen molar-refractivity contribution in [3.63, 3.8) is 0 Å². The van der Waals surface area contributed by atoms with Crippen LogP contribution in [0.2, 0.25) is 5.02 Å². The molecule has 1 spiro atoms. The number of carbonyl (C=O) groups excluding carboxylic acids is 12. The first-order chi connectivity index (χ1) is 48.4. The van der Waals surface area contributed by atoms with Gasteiger partial charge >= 0.3 is 6.18 Å². The fourth-order valence-electron chi connectivity index (χ4n) is 15.5. The van der Waals surface area contributed by atoms with E-state index in [1.165, 1.54) is 68.9 Å². The molecule has 31 heteroatoms. The normalized spacial score (nSPS) is 27.0. The van der Waals surface area contributed by atoms with Gasteiger partial charge in [-0.2, -0.15) is 13.2 Å². The van der Waals surface area contributed by atoms with Crippen LogP contribution in [-0.4, -0.2) is 271 Å². The minimum Gasteiger partial charge on any atom is -0.378 e. The number of alkyl halides is 5. The molecule has 576 valence electrons. The number of nitrogens with zero attached hydrogens (tertiary/aromatic N) is 9. The van der Waals surface area contributed by atoms with Crippen LogP contribution in [-0.2, 0) is 74.9 Å². The van der Waals surface area contributed by atoms with Crippen molar-refractivity contribution in [1.29, 1.82) is 0 Å². The number of carbonyl (C=O) groups is 12. The lowest BCUT2D eigenvalue weighted by Gasteiger charge is -2.43. The Labute approximate surface area is 606 Å². The molecule has 8 atom stereocenters. The maximum Gasteiger partial charge on any atom is 0.417 e. The van der Waals surface area contributed by atoms with Crippen LogP contribution in [0.3, 0.4) is 0 Å². The van der Waals surface area contributed by atoms with Crippen LogP contribution in [0.1, 0.15) is 167 Å². The summed E-state index contributed by atoms with van der Waals surface area (Å²) >= 11 is 6.11. The highest BCUT2D eigenvalue weighted by atomic mass is 35.5. The Morgan fingerprint density at radius 2 is 1.26 bits per heavy atom. The molecule has 6 fully saturated rings. The summed E-state index contributed by atoms with van der Waals surface area (Å²) in [6, 6.07) is -7.53. The largest absolute Gasteiger partial charge is 0.417 e. The first-order valence-electron chi connectivity index (χ1n) is 36.5. The average molecular weight is 1480 g/mol. The van der Waals surface area contributed by atoms with Gasteiger partial charge in [-0.05, 0) is 92.7 Å². The van der Waals surface area contributed by atoms with Crippen molar-refractivity contribution in [3.05, 3.63) is 34.3 Å². The Kier molecular flexibility index (Phi) is 29.2. The average Bonchev–Trinajstić information content (AvgIpc) is 1.71. The van der Waals surface area contributed by atoms with Crippen LogP contribution in [0.4, 0.5) is 22.0 Å². The molecule has 0 aromatic heterocycles. The third-order valence-electron chi connectivity index (χ3n) is 22.0. The van der Waals surface area contributed by atoms with Crippen molar-refractivity contribution in [2.45, 2.75) is 222 Å². The van der Waals surface area contributed by atoms with Gasteiger partial charge in [0.05, 0.1) is 56.4 Å². The lowest BCUT2D eigenvalue weighted by molar-refractivity contribution is -0.158. The Hall–Kier alpha value is -7.24. The van der Waals surface area contributed by atoms with Crippen LogP contribution in [0.25, 0.3) is 0 Å². The van der Waals surface area contributed by atoms with Crippen molar-refractivity contribution in [1.82, 2.24) is 60.0 Å². The fourth-order valence-corrected chi connectivity index (χ4v) is 15.8. The predicted octanol–water partition coefficient (Wildman–Crippen LogP) is 5.51. The molecule has 0 radical (unpaired) electrons. The van der Waals surface area contributed by atoms with E-state index in [1.807, 2.05) is 13.8 Å². The maximum absolute atomic E-state index is 16.2. The summed E-state index contributed by atoms with van der Waals surface area (Å²) in [5, 5.41) is 7.52. The summed E-state index contributed by atoms with van der Waals surface area (Å²) in [5.74, 6) is -14.8. The minimum absolute atomic E-state index is 0.0315. The molecule has 3 heterocycles. The van der Waals surface area contributed by atoms with Gasteiger partial charge < -0.3 is 64.8 Å². The summed E-state index contributed by atoms with van der Waals surface area (Å²) < 4.78 is 79.6. The number of hydrogen-bond donors (Lipinski definition) is 3. The Morgan fingerprint density at radius 3 is 1.85 bits per heavy atom. The van der Waals surface area contributed by atoms with Crippen molar-refractivity contribution >= 4 is 82.5 Å². The van der Waals surface area contributed by atoms with Gasteiger partial charge in [-0.3, -0.25) is 57.5 Å². The van der Waals surface area contributed by atoms with E-state index < -0.39 is 199 Å².